The van der Waals surface area contributed by atoms with Gasteiger partial charge in [0.25, 0.3) is 0 Å². The summed E-state index contributed by atoms with van der Waals surface area (Å²) in [6.07, 6.45) is 2.07. The monoisotopic (exact) mass is 451 g/mol. The molecule has 0 spiro atoms. The second-order valence-electron chi connectivity index (χ2n) is 6.02. The molecule has 0 saturated heterocycles. The van der Waals surface area contributed by atoms with Crippen LogP contribution in [0.4, 0.5) is 0 Å². The summed E-state index contributed by atoms with van der Waals surface area (Å²) in [7, 11) is 4.14. The van der Waals surface area contributed by atoms with Crippen molar-refractivity contribution in [3.63, 3.8) is 0 Å². The highest BCUT2D eigenvalue weighted by atomic mass is 127. The van der Waals surface area contributed by atoms with E-state index in [0.29, 0.717) is 6.54 Å². The zero-order valence-corrected chi connectivity index (χ0v) is 17.3. The number of rotatable bonds is 5. The van der Waals surface area contributed by atoms with Gasteiger partial charge < -0.3 is 19.8 Å². The Morgan fingerprint density at radius 2 is 2.04 bits per heavy atom. The van der Waals surface area contributed by atoms with Gasteiger partial charge >= 0.3 is 0 Å². The van der Waals surface area contributed by atoms with E-state index >= 15 is 0 Å². The van der Waals surface area contributed by atoms with Gasteiger partial charge in [-0.1, -0.05) is 18.2 Å². The van der Waals surface area contributed by atoms with Crippen LogP contribution in [0.3, 0.4) is 0 Å². The number of aromatic nitrogens is 2. The minimum absolute atomic E-state index is 0. The smallest absolute Gasteiger partial charge is 0.194 e. The van der Waals surface area contributed by atoms with Crippen LogP contribution < -0.4 is 5.32 Å². The van der Waals surface area contributed by atoms with Crippen LogP contribution in [0.2, 0.25) is 0 Å². The third-order valence-electron chi connectivity index (χ3n) is 4.13. The highest BCUT2D eigenvalue weighted by Gasteiger charge is 2.08. The number of aromatic amines is 1. The fraction of sp³-hybridized carbons (Fsp3) is 0.316. The normalized spacial score (nSPS) is 11.4. The van der Waals surface area contributed by atoms with E-state index in [9.17, 15) is 0 Å². The van der Waals surface area contributed by atoms with Crippen molar-refractivity contribution in [1.29, 1.82) is 0 Å². The Bertz CT molecular complexity index is 800. The number of aliphatic imine (C=N–C) groups is 1. The average molecular weight is 451 g/mol. The highest BCUT2D eigenvalue weighted by molar-refractivity contribution is 14.0. The maximum absolute atomic E-state index is 4.78. The molecule has 2 aromatic heterocycles. The summed E-state index contributed by atoms with van der Waals surface area (Å²) in [4.78, 5) is 10.4. The molecule has 0 aliphatic rings. The zero-order chi connectivity index (χ0) is 16.9. The second-order valence-corrected chi connectivity index (χ2v) is 6.02. The lowest BCUT2D eigenvalue weighted by Crippen LogP contribution is -2.38. The van der Waals surface area contributed by atoms with Crippen LogP contribution in [-0.4, -0.2) is 34.0 Å². The van der Waals surface area contributed by atoms with Crippen molar-refractivity contribution >= 4 is 40.8 Å². The van der Waals surface area contributed by atoms with Crippen LogP contribution in [0.25, 0.3) is 10.9 Å². The molecule has 2 heterocycles. The second kappa shape index (κ2) is 8.94. The zero-order valence-electron chi connectivity index (χ0n) is 15.0. The molecule has 0 atom stereocenters. The maximum Gasteiger partial charge on any atom is 0.194 e. The molecular formula is C19H26IN5. The van der Waals surface area contributed by atoms with Crippen molar-refractivity contribution in [2.45, 2.75) is 20.0 Å². The molecule has 0 saturated carbocycles. The number of halogens is 1. The van der Waals surface area contributed by atoms with Crippen molar-refractivity contribution in [1.82, 2.24) is 19.8 Å². The van der Waals surface area contributed by atoms with E-state index in [1.165, 1.54) is 11.1 Å². The lowest BCUT2D eigenvalue weighted by atomic mass is 10.2. The Morgan fingerprint density at radius 3 is 2.72 bits per heavy atom. The first-order valence-corrected chi connectivity index (χ1v) is 8.33. The van der Waals surface area contributed by atoms with E-state index in [1.54, 1.807) is 0 Å². The summed E-state index contributed by atoms with van der Waals surface area (Å²) in [6, 6.07) is 14.7. The molecule has 0 bridgehead atoms. The van der Waals surface area contributed by atoms with Gasteiger partial charge in [0.1, 0.15) is 0 Å². The summed E-state index contributed by atoms with van der Waals surface area (Å²) in [5, 5.41) is 4.60. The predicted octanol–water partition coefficient (Wildman–Crippen LogP) is 3.72. The van der Waals surface area contributed by atoms with Gasteiger partial charge in [-0.25, -0.2) is 4.99 Å². The number of hydrogen-bond donors (Lipinski definition) is 2. The molecule has 25 heavy (non-hydrogen) atoms. The minimum Gasteiger partial charge on any atom is -0.357 e. The van der Waals surface area contributed by atoms with Gasteiger partial charge in [0, 0.05) is 43.7 Å². The van der Waals surface area contributed by atoms with Crippen molar-refractivity contribution in [3.8, 4) is 0 Å². The number of fused-ring (bicyclic) bond motifs is 1. The van der Waals surface area contributed by atoms with E-state index in [2.05, 4.69) is 83.4 Å². The molecule has 6 heteroatoms. The molecule has 1 aromatic carbocycles. The van der Waals surface area contributed by atoms with Crippen molar-refractivity contribution in [3.05, 3.63) is 60.0 Å². The Hall–Kier alpha value is -1.96. The van der Waals surface area contributed by atoms with Crippen molar-refractivity contribution in [2.24, 2.45) is 12.0 Å². The van der Waals surface area contributed by atoms with Gasteiger partial charge in [-0.3, -0.25) is 0 Å². The Balaban J connectivity index is 0.00000225. The SMILES string of the molecule is CCNC(=NCc1cc2ccccc2[nH]1)N(C)Cc1cccn1C.I. The third-order valence-corrected chi connectivity index (χ3v) is 4.13. The molecule has 0 amide bonds. The molecule has 5 nitrogen and oxygen atoms in total. The average Bonchev–Trinajstić information content (AvgIpc) is 3.17. The molecule has 0 radical (unpaired) electrons. The molecular weight excluding hydrogens is 425 g/mol. The van der Waals surface area contributed by atoms with E-state index in [0.717, 1.165) is 30.3 Å². The van der Waals surface area contributed by atoms with Crippen LogP contribution in [0, 0.1) is 0 Å². The molecule has 0 unspecified atom stereocenters. The molecule has 0 aliphatic heterocycles. The van der Waals surface area contributed by atoms with Crippen LogP contribution in [0.5, 0.6) is 0 Å². The first-order valence-electron chi connectivity index (χ1n) is 8.33. The van der Waals surface area contributed by atoms with Crippen molar-refractivity contribution in [2.75, 3.05) is 13.6 Å². The van der Waals surface area contributed by atoms with Crippen LogP contribution in [0.15, 0.2) is 53.7 Å². The van der Waals surface area contributed by atoms with E-state index in [4.69, 9.17) is 4.99 Å². The first kappa shape index (κ1) is 19.4. The number of nitrogens with zero attached hydrogens (tertiary/aromatic N) is 3. The summed E-state index contributed by atoms with van der Waals surface area (Å²) >= 11 is 0. The van der Waals surface area contributed by atoms with E-state index in [-0.39, 0.29) is 24.0 Å². The molecule has 3 aromatic rings. The lowest BCUT2D eigenvalue weighted by molar-refractivity contribution is 0.462. The minimum atomic E-state index is 0. The summed E-state index contributed by atoms with van der Waals surface area (Å²) in [5.74, 6) is 0.914. The third kappa shape index (κ3) is 4.78. The fourth-order valence-electron chi connectivity index (χ4n) is 2.83. The Morgan fingerprint density at radius 1 is 1.24 bits per heavy atom. The number of para-hydroxylation sites is 1. The summed E-state index contributed by atoms with van der Waals surface area (Å²) < 4.78 is 2.14. The largest absolute Gasteiger partial charge is 0.357 e. The molecule has 0 aliphatic carbocycles. The van der Waals surface area contributed by atoms with Crippen molar-refractivity contribution < 1.29 is 0 Å². The predicted molar refractivity (Wildman–Crippen MR) is 115 cm³/mol. The first-order chi connectivity index (χ1) is 11.7. The quantitative estimate of drug-likeness (QED) is 0.353. The van der Waals surface area contributed by atoms with E-state index < -0.39 is 0 Å². The van der Waals surface area contributed by atoms with E-state index in [1.807, 2.05) is 6.07 Å². The Labute approximate surface area is 166 Å². The van der Waals surface area contributed by atoms with Gasteiger partial charge in [-0.05, 0) is 36.6 Å². The van der Waals surface area contributed by atoms with Crippen LogP contribution in [-0.2, 0) is 20.1 Å². The number of hydrogen-bond acceptors (Lipinski definition) is 1. The van der Waals surface area contributed by atoms with Crippen LogP contribution in [0.1, 0.15) is 18.3 Å². The molecule has 134 valence electrons. The number of aryl methyl sites for hydroxylation is 1. The van der Waals surface area contributed by atoms with Gasteiger partial charge in [0.2, 0.25) is 0 Å². The fourth-order valence-corrected chi connectivity index (χ4v) is 2.83. The summed E-state index contributed by atoms with van der Waals surface area (Å²) in [5.41, 5.74) is 3.54. The number of H-pyrrole nitrogens is 1. The Kier molecular flexibility index (Phi) is 6.92. The van der Waals surface area contributed by atoms with Gasteiger partial charge in [-0.15, -0.1) is 24.0 Å². The topological polar surface area (TPSA) is 48.4 Å². The van der Waals surface area contributed by atoms with Gasteiger partial charge in [0.05, 0.1) is 13.1 Å². The number of guanidine groups is 1. The summed E-state index contributed by atoms with van der Waals surface area (Å²) in [6.45, 7) is 4.40. The molecule has 3 rings (SSSR count). The van der Waals surface area contributed by atoms with Gasteiger partial charge in [-0.2, -0.15) is 0 Å². The lowest BCUT2D eigenvalue weighted by Gasteiger charge is -2.22. The maximum atomic E-state index is 4.78. The van der Waals surface area contributed by atoms with Crippen LogP contribution >= 0.6 is 24.0 Å². The van der Waals surface area contributed by atoms with Gasteiger partial charge in [0.15, 0.2) is 5.96 Å². The standard InChI is InChI=1S/C19H25N5.HI/c1-4-20-19(24(3)14-17-9-7-11-23(17)2)21-13-16-12-15-8-5-6-10-18(15)22-16;/h5-12,22H,4,13-14H2,1-3H3,(H,20,21);1H. The number of benzene rings is 1. The number of nitrogens with one attached hydrogen (secondary N) is 2. The molecule has 2 N–H and O–H groups in total. The molecule has 0 fully saturated rings. The highest BCUT2D eigenvalue weighted by Crippen LogP contribution is 2.15.